The Morgan fingerprint density at radius 1 is 1.14 bits per heavy atom. The summed E-state index contributed by atoms with van der Waals surface area (Å²) in [6.45, 7) is 3.26. The highest BCUT2D eigenvalue weighted by Gasteiger charge is 2.18. The highest BCUT2D eigenvalue weighted by molar-refractivity contribution is 6.30. The Kier molecular flexibility index (Phi) is 5.58. The van der Waals surface area contributed by atoms with Crippen molar-refractivity contribution >= 4 is 17.5 Å². The van der Waals surface area contributed by atoms with Crippen molar-refractivity contribution in [3.8, 4) is 22.6 Å². The van der Waals surface area contributed by atoms with Gasteiger partial charge >= 0.3 is 0 Å². The monoisotopic (exact) mass is 398 g/mol. The van der Waals surface area contributed by atoms with Gasteiger partial charge < -0.3 is 15.4 Å². The minimum absolute atomic E-state index is 0.0695. The Morgan fingerprint density at radius 3 is 2.43 bits per heavy atom. The smallest absolute Gasteiger partial charge is 0.270 e. The molecule has 0 atom stereocenters. The average molecular weight is 399 g/mol. The lowest BCUT2D eigenvalue weighted by molar-refractivity contribution is 0.0692. The third-order valence-electron chi connectivity index (χ3n) is 3.82. The molecule has 2 aromatic heterocycles. The molecule has 7 nitrogen and oxygen atoms in total. The van der Waals surface area contributed by atoms with E-state index in [1.807, 2.05) is 0 Å². The first kappa shape index (κ1) is 19.7. The topological polar surface area (TPSA) is 108 Å². The molecule has 144 valence electrons. The summed E-state index contributed by atoms with van der Waals surface area (Å²) >= 11 is 5.95. The van der Waals surface area contributed by atoms with Crippen LogP contribution in [0.15, 0.2) is 53.5 Å². The number of nitrogens with zero attached hydrogens (tertiary/aromatic N) is 2. The van der Waals surface area contributed by atoms with E-state index in [2.05, 4.69) is 20.3 Å². The molecule has 3 N–H and O–H groups in total. The van der Waals surface area contributed by atoms with Crippen molar-refractivity contribution in [3.05, 3.63) is 69.7 Å². The number of aliphatic hydroxyl groups is 1. The Labute approximate surface area is 166 Å². The average Bonchev–Trinajstić information content (AvgIpc) is 2.66. The molecular formula is C20H19ClN4O3. The zero-order valence-electron chi connectivity index (χ0n) is 15.4. The number of carbonyl (C=O) groups excluding carboxylic acids is 1. The first-order chi connectivity index (χ1) is 13.2. The maximum atomic E-state index is 12.6. The van der Waals surface area contributed by atoms with Gasteiger partial charge in [0.15, 0.2) is 5.82 Å². The van der Waals surface area contributed by atoms with Crippen LogP contribution >= 0.6 is 11.6 Å². The van der Waals surface area contributed by atoms with Crippen molar-refractivity contribution in [1.29, 1.82) is 0 Å². The summed E-state index contributed by atoms with van der Waals surface area (Å²) in [5.41, 5.74) is 0.692. The number of rotatable bonds is 5. The Balaban J connectivity index is 2.05. The molecule has 0 radical (unpaired) electrons. The van der Waals surface area contributed by atoms with Gasteiger partial charge in [0.05, 0.1) is 11.3 Å². The predicted molar refractivity (Wildman–Crippen MR) is 107 cm³/mol. The van der Waals surface area contributed by atoms with Gasteiger partial charge in [-0.2, -0.15) is 0 Å². The van der Waals surface area contributed by atoms with E-state index >= 15 is 0 Å². The van der Waals surface area contributed by atoms with E-state index in [0.29, 0.717) is 16.3 Å². The molecule has 0 bridgehead atoms. The fourth-order valence-electron chi connectivity index (χ4n) is 2.40. The van der Waals surface area contributed by atoms with Crippen LogP contribution in [-0.2, 0) is 0 Å². The van der Waals surface area contributed by atoms with Crippen LogP contribution in [0, 0.1) is 0 Å². The van der Waals surface area contributed by atoms with Gasteiger partial charge in [0, 0.05) is 35.0 Å². The summed E-state index contributed by atoms with van der Waals surface area (Å²) in [4.78, 5) is 35.3. The maximum Gasteiger partial charge on any atom is 0.270 e. The van der Waals surface area contributed by atoms with Crippen molar-refractivity contribution < 1.29 is 9.90 Å². The molecule has 2 heterocycles. The second-order valence-electron chi connectivity index (χ2n) is 6.91. The molecule has 28 heavy (non-hydrogen) atoms. The summed E-state index contributed by atoms with van der Waals surface area (Å²) < 4.78 is 0. The molecule has 0 saturated carbocycles. The lowest BCUT2D eigenvalue weighted by atomic mass is 10.1. The Hall–Kier alpha value is -3.03. The third-order valence-corrected chi connectivity index (χ3v) is 4.07. The summed E-state index contributed by atoms with van der Waals surface area (Å²) in [5, 5.41) is 13.1. The summed E-state index contributed by atoms with van der Waals surface area (Å²) in [6, 6.07) is 11.6. The number of hydrogen-bond donors (Lipinski definition) is 3. The van der Waals surface area contributed by atoms with Gasteiger partial charge in [0.1, 0.15) is 5.69 Å². The van der Waals surface area contributed by atoms with Gasteiger partial charge in [-0.1, -0.05) is 23.7 Å². The van der Waals surface area contributed by atoms with Gasteiger partial charge in [-0.3, -0.25) is 9.59 Å². The number of H-pyrrole nitrogens is 1. The van der Waals surface area contributed by atoms with Crippen LogP contribution in [-0.4, -0.2) is 38.1 Å². The second-order valence-corrected chi connectivity index (χ2v) is 7.34. The molecule has 0 aliphatic rings. The van der Waals surface area contributed by atoms with Gasteiger partial charge in [-0.05, 0) is 38.1 Å². The lowest BCUT2D eigenvalue weighted by Crippen LogP contribution is -2.38. The highest BCUT2D eigenvalue weighted by atomic mass is 35.5. The van der Waals surface area contributed by atoms with Crippen molar-refractivity contribution in [2.75, 3.05) is 6.54 Å². The van der Waals surface area contributed by atoms with Crippen molar-refractivity contribution in [1.82, 2.24) is 20.3 Å². The molecule has 1 aromatic carbocycles. The number of hydrogen-bond acceptors (Lipinski definition) is 5. The molecule has 0 aliphatic heterocycles. The number of aromatic amines is 1. The molecule has 0 spiro atoms. The maximum absolute atomic E-state index is 12.6. The van der Waals surface area contributed by atoms with Gasteiger partial charge in [-0.15, -0.1) is 0 Å². The molecule has 0 fully saturated rings. The van der Waals surface area contributed by atoms with Gasteiger partial charge in [0.25, 0.3) is 5.91 Å². The standard InChI is InChI=1S/C20H19ClN4O3/c1-20(2,28)11-23-19(27)16-9-15(12-3-6-14(21)7-4-12)24-18(25-16)13-5-8-17(26)22-10-13/h3-10,28H,11H2,1-2H3,(H,22,26)(H,23,27). The molecule has 3 rings (SSSR count). The zero-order chi connectivity index (χ0) is 20.3. The molecule has 0 saturated heterocycles. The predicted octanol–water partition coefficient (Wildman–Crippen LogP) is 2.65. The molecule has 0 aliphatic carbocycles. The number of pyridine rings is 1. The van der Waals surface area contributed by atoms with E-state index < -0.39 is 11.5 Å². The number of benzene rings is 1. The molecule has 8 heteroatoms. The van der Waals surface area contributed by atoms with Crippen molar-refractivity contribution in [2.24, 2.45) is 0 Å². The van der Waals surface area contributed by atoms with Crippen LogP contribution in [0.4, 0.5) is 0 Å². The first-order valence-corrected chi connectivity index (χ1v) is 8.94. The summed E-state index contributed by atoms with van der Waals surface area (Å²) in [5.74, 6) is -0.150. The summed E-state index contributed by atoms with van der Waals surface area (Å²) in [6.07, 6.45) is 1.49. The molecule has 3 aromatic rings. The normalized spacial score (nSPS) is 11.3. The Bertz CT molecular complexity index is 1040. The molecule has 1 amide bonds. The highest BCUT2D eigenvalue weighted by Crippen LogP contribution is 2.23. The number of halogens is 1. The van der Waals surface area contributed by atoms with E-state index in [0.717, 1.165) is 5.56 Å². The summed E-state index contributed by atoms with van der Waals surface area (Å²) in [7, 11) is 0. The largest absolute Gasteiger partial charge is 0.389 e. The van der Waals surface area contributed by atoms with Crippen LogP contribution in [0.1, 0.15) is 24.3 Å². The van der Waals surface area contributed by atoms with Crippen LogP contribution in [0.2, 0.25) is 5.02 Å². The quantitative estimate of drug-likeness (QED) is 0.612. The Morgan fingerprint density at radius 2 is 1.82 bits per heavy atom. The van der Waals surface area contributed by atoms with Crippen LogP contribution in [0.25, 0.3) is 22.6 Å². The SMILES string of the molecule is CC(C)(O)CNC(=O)c1cc(-c2ccc(Cl)cc2)nc(-c2ccc(=O)[nH]c2)n1. The fourth-order valence-corrected chi connectivity index (χ4v) is 2.52. The van der Waals surface area contributed by atoms with E-state index in [-0.39, 0.29) is 23.6 Å². The van der Waals surface area contributed by atoms with Crippen LogP contribution in [0.5, 0.6) is 0 Å². The minimum atomic E-state index is -1.05. The number of carbonyl (C=O) groups is 1. The number of amides is 1. The van der Waals surface area contributed by atoms with Crippen LogP contribution < -0.4 is 10.9 Å². The number of aromatic nitrogens is 3. The van der Waals surface area contributed by atoms with Crippen molar-refractivity contribution in [2.45, 2.75) is 19.4 Å². The van der Waals surface area contributed by atoms with E-state index in [1.165, 1.54) is 12.3 Å². The minimum Gasteiger partial charge on any atom is -0.389 e. The lowest BCUT2D eigenvalue weighted by Gasteiger charge is -2.17. The van der Waals surface area contributed by atoms with Crippen molar-refractivity contribution in [3.63, 3.8) is 0 Å². The third kappa shape index (κ3) is 5.03. The first-order valence-electron chi connectivity index (χ1n) is 8.56. The van der Waals surface area contributed by atoms with E-state index in [1.54, 1.807) is 50.2 Å². The van der Waals surface area contributed by atoms with E-state index in [4.69, 9.17) is 11.6 Å². The fraction of sp³-hybridized carbons (Fsp3) is 0.200. The molecule has 0 unspecified atom stereocenters. The number of nitrogens with one attached hydrogen (secondary N) is 2. The van der Waals surface area contributed by atoms with Gasteiger partial charge in [-0.25, -0.2) is 9.97 Å². The molecular weight excluding hydrogens is 380 g/mol. The second kappa shape index (κ2) is 7.92. The van der Waals surface area contributed by atoms with E-state index in [9.17, 15) is 14.7 Å². The van der Waals surface area contributed by atoms with Crippen LogP contribution in [0.3, 0.4) is 0 Å². The van der Waals surface area contributed by atoms with Gasteiger partial charge in [0.2, 0.25) is 5.56 Å². The zero-order valence-corrected chi connectivity index (χ0v) is 16.1.